The standard InChI is InChI=1S/C30H44O4/c1-18(16-30(33)17-19(2)25(32)34-30)20-10-14-29(7)22-8-9-23-26(3,4)24(31)12-13-27(23,5)21(22)11-15-28(20,29)6/h10,17-18,23-24,31,33H,8-9,11-16H2,1-7H3/t18-,23?,24-,27-,28-,29+,30?/m1/s1. The van der Waals surface area contributed by atoms with Crippen LogP contribution in [-0.2, 0) is 9.53 Å². The molecule has 0 saturated heterocycles. The molecule has 188 valence electrons. The van der Waals surface area contributed by atoms with Gasteiger partial charge >= 0.3 is 5.97 Å². The second-order valence-electron chi connectivity index (χ2n) is 13.5. The van der Waals surface area contributed by atoms with E-state index in [-0.39, 0.29) is 33.7 Å². The summed E-state index contributed by atoms with van der Waals surface area (Å²) in [6, 6.07) is 0. The van der Waals surface area contributed by atoms with Crippen LogP contribution in [0.2, 0.25) is 0 Å². The van der Waals surface area contributed by atoms with Crippen molar-refractivity contribution in [3.05, 3.63) is 34.4 Å². The average Bonchev–Trinajstić information content (AvgIpc) is 3.16. The molecule has 2 unspecified atom stereocenters. The van der Waals surface area contributed by atoms with E-state index in [2.05, 4.69) is 47.6 Å². The second-order valence-corrected chi connectivity index (χ2v) is 13.5. The summed E-state index contributed by atoms with van der Waals surface area (Å²) >= 11 is 0. The number of esters is 1. The Kier molecular flexibility index (Phi) is 5.23. The summed E-state index contributed by atoms with van der Waals surface area (Å²) in [7, 11) is 0. The summed E-state index contributed by atoms with van der Waals surface area (Å²) < 4.78 is 5.34. The fourth-order valence-corrected chi connectivity index (χ4v) is 9.31. The van der Waals surface area contributed by atoms with E-state index in [1.54, 1.807) is 24.1 Å². The maximum Gasteiger partial charge on any atom is 0.336 e. The van der Waals surface area contributed by atoms with Crippen LogP contribution >= 0.6 is 0 Å². The van der Waals surface area contributed by atoms with Crippen LogP contribution in [0.5, 0.6) is 0 Å². The third kappa shape index (κ3) is 3.06. The van der Waals surface area contributed by atoms with Gasteiger partial charge in [-0.2, -0.15) is 0 Å². The Morgan fingerprint density at radius 3 is 2.41 bits per heavy atom. The summed E-state index contributed by atoms with van der Waals surface area (Å²) in [6.07, 6.45) is 11.8. The van der Waals surface area contributed by atoms with E-state index < -0.39 is 11.8 Å². The van der Waals surface area contributed by atoms with Gasteiger partial charge in [0.1, 0.15) is 0 Å². The van der Waals surface area contributed by atoms with E-state index in [1.807, 2.05) is 0 Å². The molecule has 2 N–H and O–H groups in total. The van der Waals surface area contributed by atoms with Crippen molar-refractivity contribution in [3.8, 4) is 0 Å². The Morgan fingerprint density at radius 1 is 1.06 bits per heavy atom. The number of hydrogen-bond acceptors (Lipinski definition) is 4. The Hall–Kier alpha value is -1.39. The minimum atomic E-state index is -1.49. The van der Waals surface area contributed by atoms with Crippen LogP contribution in [0.25, 0.3) is 0 Å². The molecular formula is C30H44O4. The van der Waals surface area contributed by atoms with Gasteiger partial charge in [0.2, 0.25) is 5.79 Å². The molecule has 0 radical (unpaired) electrons. The zero-order chi connectivity index (χ0) is 24.9. The third-order valence-electron chi connectivity index (χ3n) is 11.5. The zero-order valence-corrected chi connectivity index (χ0v) is 22.3. The lowest BCUT2D eigenvalue weighted by Gasteiger charge is -2.62. The first-order valence-electron chi connectivity index (χ1n) is 13.4. The molecule has 34 heavy (non-hydrogen) atoms. The predicted molar refractivity (Wildman–Crippen MR) is 134 cm³/mol. The van der Waals surface area contributed by atoms with Crippen LogP contribution in [-0.4, -0.2) is 28.1 Å². The van der Waals surface area contributed by atoms with Gasteiger partial charge in [0.05, 0.1) is 6.10 Å². The maximum absolute atomic E-state index is 11.9. The molecule has 4 aliphatic carbocycles. The molecule has 4 heteroatoms. The molecule has 0 amide bonds. The van der Waals surface area contributed by atoms with Crippen molar-refractivity contribution in [1.82, 2.24) is 0 Å². The lowest BCUT2D eigenvalue weighted by molar-refractivity contribution is -0.182. The molecule has 7 atom stereocenters. The Bertz CT molecular complexity index is 1020. The largest absolute Gasteiger partial charge is 0.426 e. The first-order chi connectivity index (χ1) is 15.7. The molecule has 0 aromatic carbocycles. The number of aliphatic hydroxyl groups is 2. The minimum absolute atomic E-state index is 0.0411. The lowest BCUT2D eigenvalue weighted by Crippen LogP contribution is -2.54. The van der Waals surface area contributed by atoms with Crippen LogP contribution in [0, 0.1) is 33.5 Å². The average molecular weight is 469 g/mol. The fraction of sp³-hybridized carbons (Fsp3) is 0.767. The molecule has 0 aromatic rings. The van der Waals surface area contributed by atoms with Crippen LogP contribution < -0.4 is 0 Å². The maximum atomic E-state index is 11.9. The molecule has 4 nitrogen and oxygen atoms in total. The van der Waals surface area contributed by atoms with Crippen molar-refractivity contribution in [2.24, 2.45) is 33.5 Å². The molecule has 5 rings (SSSR count). The van der Waals surface area contributed by atoms with Crippen LogP contribution in [0.15, 0.2) is 34.4 Å². The Morgan fingerprint density at radius 2 is 1.76 bits per heavy atom. The monoisotopic (exact) mass is 468 g/mol. The van der Waals surface area contributed by atoms with E-state index in [0.717, 1.165) is 44.9 Å². The minimum Gasteiger partial charge on any atom is -0.426 e. The van der Waals surface area contributed by atoms with Crippen molar-refractivity contribution >= 4 is 5.97 Å². The van der Waals surface area contributed by atoms with Crippen LogP contribution in [0.4, 0.5) is 0 Å². The number of cyclic esters (lactones) is 1. The smallest absolute Gasteiger partial charge is 0.336 e. The highest BCUT2D eigenvalue weighted by Gasteiger charge is 2.61. The van der Waals surface area contributed by atoms with Crippen molar-refractivity contribution in [2.75, 3.05) is 0 Å². The zero-order valence-electron chi connectivity index (χ0n) is 22.3. The normalized spacial score (nSPS) is 46.2. The van der Waals surface area contributed by atoms with E-state index in [9.17, 15) is 15.0 Å². The number of carbonyl (C=O) groups excluding carboxylic acids is 1. The number of carbonyl (C=O) groups is 1. The van der Waals surface area contributed by atoms with Crippen molar-refractivity contribution in [3.63, 3.8) is 0 Å². The van der Waals surface area contributed by atoms with Gasteiger partial charge in [-0.1, -0.05) is 64.3 Å². The molecule has 5 aliphatic rings. The summed E-state index contributed by atoms with van der Waals surface area (Å²) in [5.74, 6) is -1.24. The molecule has 0 aromatic heterocycles. The van der Waals surface area contributed by atoms with Gasteiger partial charge in [-0.3, -0.25) is 0 Å². The van der Waals surface area contributed by atoms with Gasteiger partial charge in [-0.15, -0.1) is 0 Å². The van der Waals surface area contributed by atoms with Crippen LogP contribution in [0.3, 0.4) is 0 Å². The van der Waals surface area contributed by atoms with Crippen molar-refractivity contribution in [2.45, 2.75) is 112 Å². The summed E-state index contributed by atoms with van der Waals surface area (Å²) in [6.45, 7) is 15.9. The Labute approximate surface area is 205 Å². The quantitative estimate of drug-likeness (QED) is 0.380. The Balaban J connectivity index is 1.46. The SMILES string of the molecule is CC1=CC(O)(C[C@@H](C)C2=CC[C@@]3(C)C4=C(CC[C@]23C)[C@@]2(C)CC[C@@H](O)C(C)(C)C2CC4)OC1=O. The summed E-state index contributed by atoms with van der Waals surface area (Å²) in [5.41, 5.74) is 5.60. The first-order valence-corrected chi connectivity index (χ1v) is 13.4. The van der Waals surface area contributed by atoms with Gasteiger partial charge in [0.15, 0.2) is 0 Å². The molecule has 0 spiro atoms. The highest BCUT2D eigenvalue weighted by atomic mass is 16.7. The fourth-order valence-electron chi connectivity index (χ4n) is 9.31. The van der Waals surface area contributed by atoms with E-state index in [0.29, 0.717) is 17.9 Å². The van der Waals surface area contributed by atoms with E-state index in [4.69, 9.17) is 4.74 Å². The van der Waals surface area contributed by atoms with E-state index >= 15 is 0 Å². The number of rotatable bonds is 3. The lowest BCUT2D eigenvalue weighted by atomic mass is 9.43. The van der Waals surface area contributed by atoms with Crippen LogP contribution in [0.1, 0.15) is 99.8 Å². The first kappa shape index (κ1) is 24.3. The number of hydrogen-bond donors (Lipinski definition) is 2. The second kappa shape index (κ2) is 7.32. The van der Waals surface area contributed by atoms with Gasteiger partial charge in [-0.05, 0) is 86.0 Å². The van der Waals surface area contributed by atoms with E-state index in [1.165, 1.54) is 5.57 Å². The molecular weight excluding hydrogens is 424 g/mol. The number of allylic oxidation sites excluding steroid dienone is 4. The van der Waals surface area contributed by atoms with Crippen molar-refractivity contribution < 1.29 is 19.7 Å². The molecule has 1 fully saturated rings. The summed E-state index contributed by atoms with van der Waals surface area (Å²) in [4.78, 5) is 11.9. The highest BCUT2D eigenvalue weighted by molar-refractivity contribution is 5.90. The van der Waals surface area contributed by atoms with Gasteiger partial charge in [0, 0.05) is 17.4 Å². The molecule has 0 bridgehead atoms. The third-order valence-corrected chi connectivity index (χ3v) is 11.5. The number of aliphatic hydroxyl groups excluding tert-OH is 1. The molecule has 1 heterocycles. The van der Waals surface area contributed by atoms with Gasteiger partial charge in [0.25, 0.3) is 0 Å². The highest BCUT2D eigenvalue weighted by Crippen LogP contribution is 2.71. The van der Waals surface area contributed by atoms with Crippen molar-refractivity contribution in [1.29, 1.82) is 0 Å². The topological polar surface area (TPSA) is 66.8 Å². The number of ether oxygens (including phenoxy) is 1. The summed E-state index contributed by atoms with van der Waals surface area (Å²) in [5, 5.41) is 21.8. The van der Waals surface area contributed by atoms with Gasteiger partial charge in [-0.25, -0.2) is 4.79 Å². The number of fused-ring (bicyclic) bond motifs is 4. The van der Waals surface area contributed by atoms with Gasteiger partial charge < -0.3 is 14.9 Å². The molecule has 1 saturated carbocycles. The predicted octanol–water partition coefficient (Wildman–Crippen LogP) is 6.23. The molecule has 1 aliphatic heterocycles.